The van der Waals surface area contributed by atoms with E-state index in [4.69, 9.17) is 0 Å². The summed E-state index contributed by atoms with van der Waals surface area (Å²) in [6.07, 6.45) is 5.31. The van der Waals surface area contributed by atoms with Gasteiger partial charge in [-0.2, -0.15) is 0 Å². The molecule has 2 fully saturated rings. The minimum Gasteiger partial charge on any atom is -0.338 e. The zero-order valence-corrected chi connectivity index (χ0v) is 15.4. The van der Waals surface area contributed by atoms with E-state index in [0.29, 0.717) is 19.0 Å². The molecule has 1 aromatic carbocycles. The molecule has 3 amide bonds. The maximum atomic E-state index is 13.1. The van der Waals surface area contributed by atoms with Crippen LogP contribution in [-0.2, 0) is 11.2 Å². The van der Waals surface area contributed by atoms with E-state index in [0.717, 1.165) is 55.7 Å². The molecule has 1 saturated carbocycles. The van der Waals surface area contributed by atoms with Crippen molar-refractivity contribution < 1.29 is 9.59 Å². The van der Waals surface area contributed by atoms with E-state index >= 15 is 0 Å². The van der Waals surface area contributed by atoms with Crippen LogP contribution in [0.5, 0.6) is 0 Å². The molecule has 4 rings (SSSR count). The maximum absolute atomic E-state index is 13.1. The Kier molecular flexibility index (Phi) is 4.61. The molecular formula is C20H28N4O2. The van der Waals surface area contributed by atoms with E-state index in [2.05, 4.69) is 16.0 Å². The van der Waals surface area contributed by atoms with Gasteiger partial charge in [-0.3, -0.25) is 9.69 Å². The number of benzene rings is 1. The van der Waals surface area contributed by atoms with Gasteiger partial charge in [0, 0.05) is 25.3 Å². The van der Waals surface area contributed by atoms with Crippen molar-refractivity contribution in [2.75, 3.05) is 36.4 Å². The average molecular weight is 356 g/mol. The lowest BCUT2D eigenvalue weighted by molar-refractivity contribution is -0.128. The number of anilines is 2. The Morgan fingerprint density at radius 1 is 1.35 bits per heavy atom. The molecule has 1 aromatic rings. The van der Waals surface area contributed by atoms with Gasteiger partial charge in [0.15, 0.2) is 0 Å². The number of amides is 3. The lowest BCUT2D eigenvalue weighted by Crippen LogP contribution is -2.44. The first-order valence-corrected chi connectivity index (χ1v) is 9.84. The summed E-state index contributed by atoms with van der Waals surface area (Å²) in [6, 6.07) is 5.88. The van der Waals surface area contributed by atoms with Crippen molar-refractivity contribution in [3.05, 3.63) is 23.8 Å². The van der Waals surface area contributed by atoms with Crippen molar-refractivity contribution >= 4 is 23.3 Å². The Morgan fingerprint density at radius 3 is 3.08 bits per heavy atom. The molecule has 2 heterocycles. The Hall–Kier alpha value is -2.08. The fourth-order valence-electron chi connectivity index (χ4n) is 4.86. The fourth-order valence-corrected chi connectivity index (χ4v) is 4.86. The first-order valence-electron chi connectivity index (χ1n) is 9.84. The Bertz CT molecular complexity index is 720. The molecule has 2 aliphatic heterocycles. The van der Waals surface area contributed by atoms with Crippen LogP contribution in [0.2, 0.25) is 0 Å². The zero-order chi connectivity index (χ0) is 18.1. The monoisotopic (exact) mass is 356 g/mol. The number of fused-ring (bicyclic) bond motifs is 2. The highest BCUT2D eigenvalue weighted by atomic mass is 16.2. The van der Waals surface area contributed by atoms with Crippen LogP contribution >= 0.6 is 0 Å². The van der Waals surface area contributed by atoms with E-state index in [1.165, 1.54) is 6.42 Å². The molecule has 0 aromatic heterocycles. The summed E-state index contributed by atoms with van der Waals surface area (Å²) in [5, 5.41) is 9.45. The van der Waals surface area contributed by atoms with Gasteiger partial charge in [0.05, 0.1) is 11.1 Å². The van der Waals surface area contributed by atoms with Crippen LogP contribution in [0, 0.1) is 11.3 Å². The summed E-state index contributed by atoms with van der Waals surface area (Å²) in [7, 11) is 0. The summed E-state index contributed by atoms with van der Waals surface area (Å²) in [5.41, 5.74) is 2.59. The van der Waals surface area contributed by atoms with Gasteiger partial charge in [-0.1, -0.05) is 18.9 Å². The van der Waals surface area contributed by atoms with Crippen LogP contribution in [0.4, 0.5) is 16.2 Å². The number of carbonyl (C=O) groups is 2. The molecule has 1 saturated heterocycles. The van der Waals surface area contributed by atoms with Crippen LogP contribution < -0.4 is 20.9 Å². The Labute approximate surface area is 154 Å². The average Bonchev–Trinajstić information content (AvgIpc) is 3.26. The minimum absolute atomic E-state index is 0.0688. The van der Waals surface area contributed by atoms with Crippen LogP contribution in [0.25, 0.3) is 0 Å². The molecule has 0 bridgehead atoms. The molecule has 0 spiro atoms. The number of nitrogens with zero attached hydrogens (tertiary/aromatic N) is 1. The zero-order valence-electron chi connectivity index (χ0n) is 15.4. The molecule has 0 radical (unpaired) electrons. The van der Waals surface area contributed by atoms with Crippen LogP contribution in [0.3, 0.4) is 0 Å². The highest BCUT2D eigenvalue weighted by molar-refractivity contribution is 5.99. The lowest BCUT2D eigenvalue weighted by atomic mass is 9.67. The first kappa shape index (κ1) is 17.3. The molecule has 1 aliphatic carbocycles. The van der Waals surface area contributed by atoms with Crippen molar-refractivity contribution in [1.82, 2.24) is 10.6 Å². The number of hydrogen-bond donors (Lipinski definition) is 3. The molecule has 2 atom stereocenters. The van der Waals surface area contributed by atoms with Crippen molar-refractivity contribution in [3.63, 3.8) is 0 Å². The van der Waals surface area contributed by atoms with Gasteiger partial charge in [0.25, 0.3) is 0 Å². The number of urea groups is 1. The van der Waals surface area contributed by atoms with E-state index in [9.17, 15) is 9.59 Å². The van der Waals surface area contributed by atoms with Gasteiger partial charge in [-0.15, -0.1) is 0 Å². The van der Waals surface area contributed by atoms with Gasteiger partial charge < -0.3 is 16.0 Å². The van der Waals surface area contributed by atoms with Gasteiger partial charge in [-0.25, -0.2) is 4.79 Å². The molecule has 3 N–H and O–H groups in total. The predicted octanol–water partition coefficient (Wildman–Crippen LogP) is 2.50. The van der Waals surface area contributed by atoms with Crippen molar-refractivity contribution in [2.24, 2.45) is 11.3 Å². The number of nitrogens with one attached hydrogen (secondary N) is 3. The van der Waals surface area contributed by atoms with Gasteiger partial charge in [0.2, 0.25) is 5.91 Å². The lowest BCUT2D eigenvalue weighted by Gasteiger charge is -2.37. The second kappa shape index (κ2) is 6.91. The van der Waals surface area contributed by atoms with Gasteiger partial charge in [-0.05, 0) is 56.3 Å². The maximum Gasteiger partial charge on any atom is 0.321 e. The summed E-state index contributed by atoms with van der Waals surface area (Å²) >= 11 is 0. The Morgan fingerprint density at radius 2 is 2.23 bits per heavy atom. The van der Waals surface area contributed by atoms with Gasteiger partial charge in [0.1, 0.15) is 0 Å². The number of hydrogen-bond acceptors (Lipinski definition) is 3. The third-order valence-corrected chi connectivity index (χ3v) is 6.30. The largest absolute Gasteiger partial charge is 0.338 e. The molecule has 140 valence electrons. The van der Waals surface area contributed by atoms with Crippen molar-refractivity contribution in [1.29, 1.82) is 0 Å². The van der Waals surface area contributed by atoms with Crippen molar-refractivity contribution in [3.8, 4) is 0 Å². The normalized spacial score (nSPS) is 27.0. The molecule has 6 heteroatoms. The molecule has 26 heavy (non-hydrogen) atoms. The summed E-state index contributed by atoms with van der Waals surface area (Å²) < 4.78 is 0. The van der Waals surface area contributed by atoms with Crippen LogP contribution in [0.1, 0.15) is 38.2 Å². The summed E-state index contributed by atoms with van der Waals surface area (Å²) in [6.45, 7) is 4.94. The number of rotatable bonds is 3. The molecule has 6 nitrogen and oxygen atoms in total. The second-order valence-electron chi connectivity index (χ2n) is 7.76. The minimum atomic E-state index is -0.267. The predicted molar refractivity (Wildman–Crippen MR) is 102 cm³/mol. The van der Waals surface area contributed by atoms with Crippen LogP contribution in [0.15, 0.2) is 18.2 Å². The molecule has 0 unspecified atom stereocenters. The molecule has 3 aliphatic rings. The summed E-state index contributed by atoms with van der Waals surface area (Å²) in [4.78, 5) is 27.2. The van der Waals surface area contributed by atoms with Gasteiger partial charge >= 0.3 is 6.03 Å². The Balaban J connectivity index is 1.53. The third-order valence-electron chi connectivity index (χ3n) is 6.30. The SMILES string of the molecule is CCNC(=O)N1CCc2ccc(NC(=O)[C@@]34CCCC[C@H]3CNC4)cc21. The highest BCUT2D eigenvalue weighted by Gasteiger charge is 2.49. The number of carbonyl (C=O) groups excluding carboxylic acids is 2. The standard InChI is InChI=1S/C20H28N4O2/c1-2-22-19(26)24-10-8-14-6-7-16(11-17(14)24)23-18(25)20-9-4-3-5-15(20)12-21-13-20/h6-7,11,15,21H,2-5,8-10,12-13H2,1H3,(H,22,26)(H,23,25)/t15-,20+/m0/s1. The quantitative estimate of drug-likeness (QED) is 0.779. The smallest absolute Gasteiger partial charge is 0.321 e. The van der Waals surface area contributed by atoms with E-state index < -0.39 is 0 Å². The van der Waals surface area contributed by atoms with Crippen LogP contribution in [-0.4, -0.2) is 38.1 Å². The van der Waals surface area contributed by atoms with Crippen molar-refractivity contribution in [2.45, 2.75) is 39.0 Å². The van der Waals surface area contributed by atoms with E-state index in [1.807, 2.05) is 25.1 Å². The second-order valence-corrected chi connectivity index (χ2v) is 7.76. The highest BCUT2D eigenvalue weighted by Crippen LogP contribution is 2.44. The summed E-state index contributed by atoms with van der Waals surface area (Å²) in [5.74, 6) is 0.576. The molecular weight excluding hydrogens is 328 g/mol. The third kappa shape index (κ3) is 2.86. The first-order chi connectivity index (χ1) is 12.6. The fraction of sp³-hybridized carbons (Fsp3) is 0.600. The van der Waals surface area contributed by atoms with E-state index in [1.54, 1.807) is 4.90 Å². The van der Waals surface area contributed by atoms with E-state index in [-0.39, 0.29) is 17.4 Å². The topological polar surface area (TPSA) is 73.5 Å².